The molecule has 9 heteroatoms. The second kappa shape index (κ2) is 12.8. The first-order chi connectivity index (χ1) is 14.9. The zero-order valence-corrected chi connectivity index (χ0v) is 19.2. The van der Waals surface area contributed by atoms with Crippen molar-refractivity contribution in [2.75, 3.05) is 21.3 Å². The van der Waals surface area contributed by atoms with Gasteiger partial charge >= 0.3 is 12.4 Å². The van der Waals surface area contributed by atoms with E-state index in [9.17, 15) is 26.3 Å². The lowest BCUT2D eigenvalue weighted by molar-refractivity contribution is -0.380. The Hall–Kier alpha value is -1.32. The fourth-order valence-corrected chi connectivity index (χ4v) is 3.92. The van der Waals surface area contributed by atoms with E-state index in [0.717, 1.165) is 50.7 Å². The van der Waals surface area contributed by atoms with Gasteiger partial charge in [0.25, 0.3) is 5.97 Å². The summed E-state index contributed by atoms with van der Waals surface area (Å²) in [6.45, 7) is 2.12. The highest BCUT2D eigenvalue weighted by Gasteiger charge is 2.40. The average molecular weight is 473 g/mol. The summed E-state index contributed by atoms with van der Waals surface area (Å²) in [7, 11) is 4.19. The van der Waals surface area contributed by atoms with Gasteiger partial charge in [-0.05, 0) is 43.0 Å². The smallest absolute Gasteiger partial charge is 0.331 e. The molecule has 1 aromatic carbocycles. The average Bonchev–Trinajstić information content (AvgIpc) is 2.73. The highest BCUT2D eigenvalue weighted by Crippen LogP contribution is 2.38. The topological polar surface area (TPSA) is 27.7 Å². The molecule has 0 saturated carbocycles. The normalized spacial score (nSPS) is 14.1. The summed E-state index contributed by atoms with van der Waals surface area (Å²) in [6.07, 6.45) is -2.67. The number of ether oxygens (including phenoxy) is 3. The molecular formula is C23H34F6O3. The van der Waals surface area contributed by atoms with Gasteiger partial charge in [-0.15, -0.1) is 0 Å². The van der Waals surface area contributed by atoms with Crippen molar-refractivity contribution in [2.24, 2.45) is 5.92 Å². The van der Waals surface area contributed by atoms with Crippen molar-refractivity contribution < 1.29 is 40.6 Å². The second-order valence-corrected chi connectivity index (χ2v) is 7.92. The Labute approximate surface area is 186 Å². The monoisotopic (exact) mass is 472 g/mol. The van der Waals surface area contributed by atoms with Crippen LogP contribution in [0.15, 0.2) is 18.2 Å². The predicted molar refractivity (Wildman–Crippen MR) is 110 cm³/mol. The lowest BCUT2D eigenvalue weighted by Crippen LogP contribution is -2.44. The number of hydrogen-bond donors (Lipinski definition) is 0. The minimum atomic E-state index is -4.87. The van der Waals surface area contributed by atoms with Gasteiger partial charge in [0.15, 0.2) is 0 Å². The molecule has 0 bridgehead atoms. The van der Waals surface area contributed by atoms with E-state index < -0.39 is 29.5 Å². The summed E-state index contributed by atoms with van der Waals surface area (Å²) in [6, 6.07) is 1.68. The number of halogens is 6. The van der Waals surface area contributed by atoms with E-state index in [1.165, 1.54) is 21.3 Å². The summed E-state index contributed by atoms with van der Waals surface area (Å²) in [5.41, 5.74) is -2.67. The lowest BCUT2D eigenvalue weighted by atomic mass is 9.90. The van der Waals surface area contributed by atoms with Crippen LogP contribution in [0.1, 0.15) is 75.0 Å². The molecule has 0 aliphatic rings. The van der Waals surface area contributed by atoms with Crippen LogP contribution in [0.5, 0.6) is 0 Å². The molecule has 0 saturated heterocycles. The Balaban J connectivity index is 3.04. The van der Waals surface area contributed by atoms with Crippen molar-refractivity contribution in [3.63, 3.8) is 0 Å². The van der Waals surface area contributed by atoms with Gasteiger partial charge in [0.1, 0.15) is 0 Å². The van der Waals surface area contributed by atoms with Gasteiger partial charge in [-0.2, -0.15) is 26.3 Å². The number of methoxy groups -OCH3 is 3. The molecule has 0 aliphatic carbocycles. The van der Waals surface area contributed by atoms with E-state index in [1.54, 1.807) is 0 Å². The predicted octanol–water partition coefficient (Wildman–Crippen LogP) is 7.62. The highest BCUT2D eigenvalue weighted by molar-refractivity contribution is 5.33. The van der Waals surface area contributed by atoms with E-state index >= 15 is 0 Å². The molecule has 0 fully saturated rings. The maximum atomic E-state index is 13.2. The van der Waals surface area contributed by atoms with Crippen molar-refractivity contribution in [3.8, 4) is 0 Å². The molecule has 0 amide bonds. The Bertz CT molecular complexity index is 628. The Morgan fingerprint density at radius 2 is 1.16 bits per heavy atom. The fourth-order valence-electron chi connectivity index (χ4n) is 3.92. The number of alkyl halides is 6. The maximum absolute atomic E-state index is 13.2. The number of unbranched alkanes of at least 4 members (excludes halogenated alkanes) is 5. The molecule has 1 atom stereocenters. The molecule has 1 aromatic rings. The van der Waals surface area contributed by atoms with Crippen molar-refractivity contribution in [1.82, 2.24) is 0 Å². The molecule has 186 valence electrons. The van der Waals surface area contributed by atoms with Gasteiger partial charge in [0.05, 0.1) is 11.1 Å². The third-order valence-electron chi connectivity index (χ3n) is 5.69. The molecule has 0 N–H and O–H groups in total. The zero-order valence-electron chi connectivity index (χ0n) is 19.2. The van der Waals surface area contributed by atoms with Gasteiger partial charge in [-0.25, -0.2) is 0 Å². The Kier molecular flexibility index (Phi) is 11.5. The van der Waals surface area contributed by atoms with Crippen LogP contribution in [-0.4, -0.2) is 27.3 Å². The summed E-state index contributed by atoms with van der Waals surface area (Å²) in [5, 5.41) is 0. The van der Waals surface area contributed by atoms with E-state index in [-0.39, 0.29) is 30.4 Å². The minimum absolute atomic E-state index is 0.00860. The molecule has 3 nitrogen and oxygen atoms in total. The van der Waals surface area contributed by atoms with Crippen LogP contribution in [0, 0.1) is 5.92 Å². The largest absolute Gasteiger partial charge is 0.416 e. The number of aryl methyl sites for hydroxylation is 1. The van der Waals surface area contributed by atoms with Crippen LogP contribution in [0.3, 0.4) is 0 Å². The third-order valence-corrected chi connectivity index (χ3v) is 5.69. The Morgan fingerprint density at radius 1 is 0.688 bits per heavy atom. The summed E-state index contributed by atoms with van der Waals surface area (Å²) < 4.78 is 95.2. The number of hydrogen-bond acceptors (Lipinski definition) is 3. The van der Waals surface area contributed by atoms with Gasteiger partial charge < -0.3 is 14.2 Å². The molecule has 0 radical (unpaired) electrons. The molecule has 0 heterocycles. The zero-order chi connectivity index (χ0) is 24.4. The number of benzene rings is 1. The molecule has 32 heavy (non-hydrogen) atoms. The number of rotatable bonds is 14. The van der Waals surface area contributed by atoms with Gasteiger partial charge in [0.2, 0.25) is 0 Å². The highest BCUT2D eigenvalue weighted by atomic mass is 19.4. The van der Waals surface area contributed by atoms with Gasteiger partial charge in [0, 0.05) is 27.2 Å². The van der Waals surface area contributed by atoms with Crippen LogP contribution < -0.4 is 0 Å². The molecule has 0 aliphatic heterocycles. The van der Waals surface area contributed by atoms with Crippen molar-refractivity contribution >= 4 is 0 Å². The fraction of sp³-hybridized carbons (Fsp3) is 0.739. The van der Waals surface area contributed by atoms with Crippen LogP contribution >= 0.6 is 0 Å². The van der Waals surface area contributed by atoms with Crippen LogP contribution in [0.25, 0.3) is 0 Å². The third kappa shape index (κ3) is 8.56. The van der Waals surface area contributed by atoms with Crippen molar-refractivity contribution in [3.05, 3.63) is 34.9 Å². The molecular weight excluding hydrogens is 438 g/mol. The first kappa shape index (κ1) is 28.7. The quantitative estimate of drug-likeness (QED) is 0.158. The van der Waals surface area contributed by atoms with Gasteiger partial charge in [-0.1, -0.05) is 45.4 Å². The Morgan fingerprint density at radius 3 is 1.59 bits per heavy atom. The van der Waals surface area contributed by atoms with E-state index in [0.29, 0.717) is 6.42 Å². The lowest BCUT2D eigenvalue weighted by Gasteiger charge is -2.36. The van der Waals surface area contributed by atoms with Crippen molar-refractivity contribution in [1.29, 1.82) is 0 Å². The second-order valence-electron chi connectivity index (χ2n) is 7.92. The molecule has 1 unspecified atom stereocenters. The molecule has 0 aromatic heterocycles. The standard InChI is InChI=1S/C23H34F6O3/c1-5-6-7-8-9-10-11-18(23(30-2,31-3)32-4)13-12-17-14-19(21(24,25)26)16-20(15-17)22(27,28)29/h14-16,18H,5-13H2,1-4H3. The van der Waals surface area contributed by atoms with Gasteiger partial charge in [-0.3, -0.25) is 0 Å². The summed E-state index contributed by atoms with van der Waals surface area (Å²) in [5.74, 6) is -1.80. The van der Waals surface area contributed by atoms with E-state index in [2.05, 4.69) is 6.92 Å². The maximum Gasteiger partial charge on any atom is 0.416 e. The first-order valence-corrected chi connectivity index (χ1v) is 10.9. The van der Waals surface area contributed by atoms with Crippen LogP contribution in [0.2, 0.25) is 0 Å². The SMILES string of the molecule is CCCCCCCCC(CCc1cc(C(F)(F)F)cc(C(F)(F)F)c1)C(OC)(OC)OC. The molecule has 0 spiro atoms. The van der Waals surface area contributed by atoms with Crippen LogP contribution in [-0.2, 0) is 33.0 Å². The van der Waals surface area contributed by atoms with E-state index in [1.807, 2.05) is 0 Å². The van der Waals surface area contributed by atoms with E-state index in [4.69, 9.17) is 14.2 Å². The summed E-state index contributed by atoms with van der Waals surface area (Å²) >= 11 is 0. The van der Waals surface area contributed by atoms with Crippen LogP contribution in [0.4, 0.5) is 26.3 Å². The van der Waals surface area contributed by atoms with Crippen molar-refractivity contribution in [2.45, 2.75) is 83.0 Å². The first-order valence-electron chi connectivity index (χ1n) is 10.9. The molecule has 1 rings (SSSR count). The summed E-state index contributed by atoms with van der Waals surface area (Å²) in [4.78, 5) is 0. The minimum Gasteiger partial charge on any atom is -0.331 e.